The van der Waals surface area contributed by atoms with Gasteiger partial charge in [-0.25, -0.2) is 0 Å². The zero-order chi connectivity index (χ0) is 26.4. The van der Waals surface area contributed by atoms with Crippen LogP contribution in [0.5, 0.6) is 0 Å². The molecule has 0 saturated heterocycles. The van der Waals surface area contributed by atoms with Crippen molar-refractivity contribution in [2.75, 3.05) is 7.11 Å². The zero-order valence-electron chi connectivity index (χ0n) is 22.8. The summed E-state index contributed by atoms with van der Waals surface area (Å²) in [5.74, 6) is 0.785. The summed E-state index contributed by atoms with van der Waals surface area (Å²) < 4.78 is 16.5. The molecule has 10 atom stereocenters. The van der Waals surface area contributed by atoms with Crippen molar-refractivity contribution in [1.29, 1.82) is 0 Å². The maximum absolute atomic E-state index is 14.0. The highest BCUT2D eigenvalue weighted by atomic mass is 16.5. The fourth-order valence-electron chi connectivity index (χ4n) is 9.14. The number of carbonyl (C=O) groups is 4. The van der Waals surface area contributed by atoms with E-state index in [0.29, 0.717) is 25.0 Å². The van der Waals surface area contributed by atoms with Gasteiger partial charge in [-0.05, 0) is 80.0 Å². The average molecular weight is 505 g/mol. The van der Waals surface area contributed by atoms with E-state index in [1.54, 1.807) is 0 Å². The Hall–Kier alpha value is -1.92. The lowest BCUT2D eigenvalue weighted by atomic mass is 9.43. The van der Waals surface area contributed by atoms with Crippen LogP contribution in [0.25, 0.3) is 0 Å². The number of hydrogen-bond acceptors (Lipinski definition) is 7. The minimum absolute atomic E-state index is 0.0382. The van der Waals surface area contributed by atoms with Gasteiger partial charge in [0.1, 0.15) is 18.0 Å². The van der Waals surface area contributed by atoms with Gasteiger partial charge in [0.25, 0.3) is 0 Å². The standard InChI is InChI=1S/C29H44O7/c1-16(7-10-26(33)34-6)21-8-9-22-27-23(15-25(32)29(21,22)5)28(4)12-11-20(35-17(2)30)13-19(28)14-24(27)36-18(3)31/h16,19-24,27H,7-15H2,1-6H3/t16-,19-,20+,21+,22+,23+,24+,27-,28-,29+/m0/s1. The van der Waals surface area contributed by atoms with Gasteiger partial charge in [-0.3, -0.25) is 19.2 Å². The Morgan fingerprint density at radius 3 is 2.33 bits per heavy atom. The van der Waals surface area contributed by atoms with Crippen molar-refractivity contribution in [3.05, 3.63) is 0 Å². The summed E-state index contributed by atoms with van der Waals surface area (Å²) in [6, 6.07) is 0. The molecule has 0 N–H and O–H groups in total. The largest absolute Gasteiger partial charge is 0.469 e. The van der Waals surface area contributed by atoms with E-state index in [1.807, 2.05) is 0 Å². The van der Waals surface area contributed by atoms with Crippen molar-refractivity contribution in [2.24, 2.45) is 46.3 Å². The van der Waals surface area contributed by atoms with E-state index in [0.717, 1.165) is 38.5 Å². The first-order valence-electron chi connectivity index (χ1n) is 13.9. The number of methoxy groups -OCH3 is 1. The number of rotatable bonds is 6. The minimum atomic E-state index is -0.465. The first-order chi connectivity index (χ1) is 16.9. The van der Waals surface area contributed by atoms with E-state index in [1.165, 1.54) is 21.0 Å². The van der Waals surface area contributed by atoms with Crippen molar-refractivity contribution in [2.45, 2.75) is 105 Å². The fourth-order valence-corrected chi connectivity index (χ4v) is 9.14. The molecule has 4 aliphatic rings. The quantitative estimate of drug-likeness (QED) is 0.375. The normalized spacial score (nSPS) is 42.4. The Morgan fingerprint density at radius 1 is 1.00 bits per heavy atom. The number of ketones is 1. The summed E-state index contributed by atoms with van der Waals surface area (Å²) in [5, 5.41) is 0. The van der Waals surface area contributed by atoms with Crippen LogP contribution in [-0.4, -0.2) is 43.0 Å². The SMILES string of the molecule is COC(=O)CC[C@H](C)[C@H]1CC[C@@H]2[C@H]3[C@@H](CC(=O)[C@@]21C)[C@@]1(C)CC[C@@H](OC(C)=O)C[C@H]1C[C@H]3OC(C)=O. The van der Waals surface area contributed by atoms with Gasteiger partial charge in [-0.1, -0.05) is 20.8 Å². The lowest BCUT2D eigenvalue weighted by Crippen LogP contribution is -2.62. The van der Waals surface area contributed by atoms with Crippen LogP contribution in [0.15, 0.2) is 0 Å². The van der Waals surface area contributed by atoms with Crippen LogP contribution >= 0.6 is 0 Å². The van der Waals surface area contributed by atoms with E-state index >= 15 is 0 Å². The third kappa shape index (κ3) is 4.60. The molecule has 0 spiro atoms. The van der Waals surface area contributed by atoms with E-state index in [-0.39, 0.29) is 71.0 Å². The first-order valence-corrected chi connectivity index (χ1v) is 13.9. The molecule has 0 radical (unpaired) electrons. The van der Waals surface area contributed by atoms with Crippen LogP contribution in [0.3, 0.4) is 0 Å². The molecule has 202 valence electrons. The molecule has 4 rings (SSSR count). The van der Waals surface area contributed by atoms with Crippen LogP contribution in [0.4, 0.5) is 0 Å². The third-order valence-corrected chi connectivity index (χ3v) is 10.9. The molecule has 4 saturated carbocycles. The molecular formula is C29H44O7. The zero-order valence-corrected chi connectivity index (χ0v) is 22.8. The van der Waals surface area contributed by atoms with E-state index in [4.69, 9.17) is 14.2 Å². The molecule has 7 heteroatoms. The van der Waals surface area contributed by atoms with Crippen molar-refractivity contribution >= 4 is 23.7 Å². The van der Waals surface area contributed by atoms with Gasteiger partial charge in [0.2, 0.25) is 0 Å². The van der Waals surface area contributed by atoms with Gasteiger partial charge in [-0.15, -0.1) is 0 Å². The average Bonchev–Trinajstić information content (AvgIpc) is 3.16. The molecule has 7 nitrogen and oxygen atoms in total. The predicted octanol–water partition coefficient (Wildman–Crippen LogP) is 4.89. The summed E-state index contributed by atoms with van der Waals surface area (Å²) in [5.41, 5.74) is -0.503. The van der Waals surface area contributed by atoms with Crippen molar-refractivity contribution < 1.29 is 33.4 Å². The Labute approximate surface area is 215 Å². The van der Waals surface area contributed by atoms with Gasteiger partial charge in [0, 0.05) is 38.0 Å². The van der Waals surface area contributed by atoms with Crippen LogP contribution in [0.1, 0.15) is 92.4 Å². The summed E-state index contributed by atoms with van der Waals surface area (Å²) in [4.78, 5) is 49.7. The molecule has 0 aromatic carbocycles. The maximum Gasteiger partial charge on any atom is 0.305 e. The number of esters is 3. The Kier molecular flexibility index (Phi) is 7.60. The van der Waals surface area contributed by atoms with Crippen molar-refractivity contribution in [3.63, 3.8) is 0 Å². The first kappa shape index (κ1) is 27.1. The number of fused-ring (bicyclic) bond motifs is 5. The number of ether oxygens (including phenoxy) is 3. The van der Waals surface area contributed by atoms with E-state index in [9.17, 15) is 19.2 Å². The third-order valence-electron chi connectivity index (χ3n) is 10.9. The molecule has 0 unspecified atom stereocenters. The number of carbonyl (C=O) groups excluding carboxylic acids is 4. The van der Waals surface area contributed by atoms with Gasteiger partial charge < -0.3 is 14.2 Å². The molecule has 0 aromatic heterocycles. The second-order valence-corrected chi connectivity index (χ2v) is 12.6. The molecule has 0 aliphatic heterocycles. The van der Waals surface area contributed by atoms with Crippen molar-refractivity contribution in [1.82, 2.24) is 0 Å². The van der Waals surface area contributed by atoms with Crippen LogP contribution in [0.2, 0.25) is 0 Å². The molecule has 4 aliphatic carbocycles. The molecule has 0 aromatic rings. The van der Waals surface area contributed by atoms with Crippen molar-refractivity contribution in [3.8, 4) is 0 Å². The summed E-state index contributed by atoms with van der Waals surface area (Å²) in [7, 11) is 1.41. The van der Waals surface area contributed by atoms with Crippen LogP contribution < -0.4 is 0 Å². The lowest BCUT2D eigenvalue weighted by molar-refractivity contribution is -0.196. The molecule has 0 bridgehead atoms. The van der Waals surface area contributed by atoms with Crippen LogP contribution in [0, 0.1) is 46.3 Å². The lowest BCUT2D eigenvalue weighted by Gasteiger charge is -2.62. The summed E-state index contributed by atoms with van der Waals surface area (Å²) in [6.07, 6.45) is 6.44. The van der Waals surface area contributed by atoms with E-state index < -0.39 is 5.41 Å². The van der Waals surface area contributed by atoms with Gasteiger partial charge in [0.15, 0.2) is 0 Å². The second kappa shape index (κ2) is 10.1. The number of hydrogen-bond donors (Lipinski definition) is 0. The monoisotopic (exact) mass is 504 g/mol. The predicted molar refractivity (Wildman–Crippen MR) is 133 cm³/mol. The van der Waals surface area contributed by atoms with Crippen LogP contribution in [-0.2, 0) is 33.4 Å². The van der Waals surface area contributed by atoms with Gasteiger partial charge in [0.05, 0.1) is 7.11 Å². The topological polar surface area (TPSA) is 96.0 Å². The molecule has 36 heavy (non-hydrogen) atoms. The van der Waals surface area contributed by atoms with E-state index in [2.05, 4.69) is 20.8 Å². The molecule has 4 fully saturated rings. The Bertz CT molecular complexity index is 898. The minimum Gasteiger partial charge on any atom is -0.469 e. The number of Topliss-reactive ketones (excluding diaryl/α,β-unsaturated/α-hetero) is 1. The highest BCUT2D eigenvalue weighted by Gasteiger charge is 2.66. The maximum atomic E-state index is 14.0. The smallest absolute Gasteiger partial charge is 0.305 e. The fraction of sp³-hybridized carbons (Fsp3) is 0.862. The summed E-state index contributed by atoms with van der Waals surface area (Å²) >= 11 is 0. The van der Waals surface area contributed by atoms with Gasteiger partial charge >= 0.3 is 17.9 Å². The molecule has 0 heterocycles. The highest BCUT2D eigenvalue weighted by Crippen LogP contribution is 2.67. The second-order valence-electron chi connectivity index (χ2n) is 12.6. The molecular weight excluding hydrogens is 460 g/mol. The summed E-state index contributed by atoms with van der Waals surface area (Å²) in [6.45, 7) is 9.57. The van der Waals surface area contributed by atoms with Gasteiger partial charge in [-0.2, -0.15) is 0 Å². The highest BCUT2D eigenvalue weighted by molar-refractivity contribution is 5.87. The Morgan fingerprint density at radius 2 is 1.69 bits per heavy atom. The molecule has 0 amide bonds. The Balaban J connectivity index is 1.62.